The van der Waals surface area contributed by atoms with Crippen LogP contribution in [0.2, 0.25) is 0 Å². The first-order valence-corrected chi connectivity index (χ1v) is 5.56. The molecule has 0 amide bonds. The van der Waals surface area contributed by atoms with Gasteiger partial charge in [-0.25, -0.2) is 4.79 Å². The number of carbonyl (C=O) groups is 1. The molecule has 3 nitrogen and oxygen atoms in total. The molecule has 0 saturated heterocycles. The maximum Gasteiger partial charge on any atom is 0.339 e. The number of nitrogens with two attached hydrogens (primary N) is 1. The summed E-state index contributed by atoms with van der Waals surface area (Å²) in [7, 11) is 0. The van der Waals surface area contributed by atoms with Crippen molar-refractivity contribution < 1.29 is 9.53 Å². The summed E-state index contributed by atoms with van der Waals surface area (Å²) in [5.41, 5.74) is 6.55. The van der Waals surface area contributed by atoms with Gasteiger partial charge in [-0.1, -0.05) is 0 Å². The number of hydrogen-bond acceptors (Lipinski definition) is 3. The highest BCUT2D eigenvalue weighted by Gasteiger charge is 2.14. The van der Waals surface area contributed by atoms with Crippen LogP contribution in [-0.4, -0.2) is 12.6 Å². The predicted octanol–water partition coefficient (Wildman–Crippen LogP) is 2.97. The van der Waals surface area contributed by atoms with Gasteiger partial charge >= 0.3 is 5.97 Å². The molecule has 0 atom stereocenters. The Hall–Kier alpha value is -0.550. The van der Waals surface area contributed by atoms with Crippen LogP contribution < -0.4 is 5.73 Å². The van der Waals surface area contributed by atoms with Crippen LogP contribution in [0.5, 0.6) is 0 Å². The second-order valence-corrected chi connectivity index (χ2v) is 4.23. The summed E-state index contributed by atoms with van der Waals surface area (Å²) >= 11 is 6.56. The van der Waals surface area contributed by atoms with Crippen LogP contribution in [0, 0.1) is 0 Å². The van der Waals surface area contributed by atoms with E-state index < -0.39 is 0 Å². The molecule has 0 aliphatic rings. The van der Waals surface area contributed by atoms with E-state index in [-0.39, 0.29) is 5.97 Å². The van der Waals surface area contributed by atoms with Gasteiger partial charge in [0.15, 0.2) is 0 Å². The SMILES string of the molecule is CCOC(=O)c1cc(N)cc(Br)c1Br. The average molecular weight is 323 g/mol. The minimum Gasteiger partial charge on any atom is -0.462 e. The van der Waals surface area contributed by atoms with Crippen molar-refractivity contribution in [3.8, 4) is 0 Å². The molecule has 1 rings (SSSR count). The minimum atomic E-state index is -0.382. The van der Waals surface area contributed by atoms with Crippen LogP contribution in [0.3, 0.4) is 0 Å². The normalized spacial score (nSPS) is 9.93. The topological polar surface area (TPSA) is 52.3 Å². The summed E-state index contributed by atoms with van der Waals surface area (Å²) in [6.07, 6.45) is 0. The van der Waals surface area contributed by atoms with E-state index >= 15 is 0 Å². The molecule has 0 heterocycles. The number of ether oxygens (including phenoxy) is 1. The van der Waals surface area contributed by atoms with E-state index in [0.717, 1.165) is 4.47 Å². The molecule has 0 aromatic heterocycles. The van der Waals surface area contributed by atoms with Gasteiger partial charge in [0.2, 0.25) is 0 Å². The Labute approximate surface area is 98.9 Å². The molecule has 5 heteroatoms. The molecule has 1 aromatic carbocycles. The fourth-order valence-electron chi connectivity index (χ4n) is 0.967. The predicted molar refractivity (Wildman–Crippen MR) is 62.2 cm³/mol. The van der Waals surface area contributed by atoms with Crippen LogP contribution in [0.15, 0.2) is 21.1 Å². The van der Waals surface area contributed by atoms with E-state index in [2.05, 4.69) is 31.9 Å². The zero-order valence-electron chi connectivity index (χ0n) is 7.51. The summed E-state index contributed by atoms with van der Waals surface area (Å²) in [5.74, 6) is -0.382. The first-order valence-electron chi connectivity index (χ1n) is 3.98. The van der Waals surface area contributed by atoms with Crippen LogP contribution in [0.4, 0.5) is 5.69 Å². The van der Waals surface area contributed by atoms with Crippen LogP contribution in [0.25, 0.3) is 0 Å². The van der Waals surface area contributed by atoms with E-state index in [0.29, 0.717) is 22.3 Å². The van der Waals surface area contributed by atoms with Crippen molar-refractivity contribution in [2.24, 2.45) is 0 Å². The first kappa shape index (κ1) is 11.5. The van der Waals surface area contributed by atoms with E-state index in [1.54, 1.807) is 19.1 Å². The lowest BCUT2D eigenvalue weighted by atomic mass is 10.2. The van der Waals surface area contributed by atoms with E-state index in [1.165, 1.54) is 0 Å². The zero-order chi connectivity index (χ0) is 10.7. The molecule has 0 spiro atoms. The Balaban J connectivity index is 3.13. The number of carbonyl (C=O) groups excluding carboxylic acids is 1. The molecule has 0 aliphatic heterocycles. The quantitative estimate of drug-likeness (QED) is 0.672. The lowest BCUT2D eigenvalue weighted by molar-refractivity contribution is 0.0525. The van der Waals surface area contributed by atoms with Gasteiger partial charge in [0.05, 0.1) is 12.2 Å². The van der Waals surface area contributed by atoms with Gasteiger partial charge in [-0.15, -0.1) is 0 Å². The smallest absolute Gasteiger partial charge is 0.339 e. The lowest BCUT2D eigenvalue weighted by Crippen LogP contribution is -2.06. The van der Waals surface area contributed by atoms with Crippen LogP contribution >= 0.6 is 31.9 Å². The number of nitrogen functional groups attached to an aromatic ring is 1. The first-order chi connectivity index (χ1) is 6.56. The van der Waals surface area contributed by atoms with E-state index in [1.807, 2.05) is 0 Å². The van der Waals surface area contributed by atoms with Crippen molar-refractivity contribution in [3.63, 3.8) is 0 Å². The summed E-state index contributed by atoms with van der Waals surface area (Å²) < 4.78 is 6.27. The Morgan fingerprint density at radius 1 is 1.50 bits per heavy atom. The summed E-state index contributed by atoms with van der Waals surface area (Å²) in [5, 5.41) is 0. The van der Waals surface area contributed by atoms with Crippen LogP contribution in [-0.2, 0) is 4.74 Å². The highest BCUT2D eigenvalue weighted by molar-refractivity contribution is 9.13. The van der Waals surface area contributed by atoms with E-state index in [4.69, 9.17) is 10.5 Å². The van der Waals surface area contributed by atoms with Gasteiger partial charge in [0.25, 0.3) is 0 Å². The summed E-state index contributed by atoms with van der Waals surface area (Å²) in [6, 6.07) is 3.29. The fraction of sp³-hybridized carbons (Fsp3) is 0.222. The Morgan fingerprint density at radius 2 is 2.14 bits per heavy atom. The zero-order valence-corrected chi connectivity index (χ0v) is 10.7. The maximum absolute atomic E-state index is 11.4. The number of esters is 1. The molecule has 76 valence electrons. The highest BCUT2D eigenvalue weighted by atomic mass is 79.9. The van der Waals surface area contributed by atoms with Crippen molar-refractivity contribution in [3.05, 3.63) is 26.6 Å². The van der Waals surface area contributed by atoms with Gasteiger partial charge in [-0.3, -0.25) is 0 Å². The molecular formula is C9H9Br2NO2. The largest absolute Gasteiger partial charge is 0.462 e. The van der Waals surface area contributed by atoms with Crippen molar-refractivity contribution in [1.82, 2.24) is 0 Å². The molecular weight excluding hydrogens is 314 g/mol. The Morgan fingerprint density at radius 3 is 2.71 bits per heavy atom. The van der Waals surface area contributed by atoms with E-state index in [9.17, 15) is 4.79 Å². The molecule has 0 aliphatic carbocycles. The molecule has 0 radical (unpaired) electrons. The second-order valence-electron chi connectivity index (χ2n) is 2.58. The number of halogens is 2. The molecule has 0 unspecified atom stereocenters. The molecule has 1 aromatic rings. The van der Waals surface area contributed by atoms with Crippen LogP contribution in [0.1, 0.15) is 17.3 Å². The third-order valence-electron chi connectivity index (χ3n) is 1.55. The lowest BCUT2D eigenvalue weighted by Gasteiger charge is -2.06. The fourth-order valence-corrected chi connectivity index (χ4v) is 1.84. The van der Waals surface area contributed by atoms with Gasteiger partial charge in [0, 0.05) is 14.6 Å². The van der Waals surface area contributed by atoms with Gasteiger partial charge in [-0.05, 0) is 50.9 Å². The van der Waals surface area contributed by atoms with Crippen molar-refractivity contribution in [2.45, 2.75) is 6.92 Å². The highest BCUT2D eigenvalue weighted by Crippen LogP contribution is 2.29. The number of hydrogen-bond donors (Lipinski definition) is 1. The molecule has 0 fully saturated rings. The van der Waals surface area contributed by atoms with Gasteiger partial charge in [-0.2, -0.15) is 0 Å². The second kappa shape index (κ2) is 4.79. The third-order valence-corrected chi connectivity index (χ3v) is 3.56. The summed E-state index contributed by atoms with van der Waals surface area (Å²) in [4.78, 5) is 11.4. The monoisotopic (exact) mass is 321 g/mol. The number of anilines is 1. The molecule has 0 saturated carbocycles. The molecule has 0 bridgehead atoms. The molecule has 2 N–H and O–H groups in total. The maximum atomic E-state index is 11.4. The summed E-state index contributed by atoms with van der Waals surface area (Å²) in [6.45, 7) is 2.10. The number of benzene rings is 1. The van der Waals surface area contributed by atoms with Crippen molar-refractivity contribution >= 4 is 43.5 Å². The number of rotatable bonds is 2. The standard InChI is InChI=1S/C9H9Br2NO2/c1-2-14-9(13)6-3-5(12)4-7(10)8(6)11/h3-4H,2,12H2,1H3. The average Bonchev–Trinajstić information content (AvgIpc) is 2.11. The molecule has 14 heavy (non-hydrogen) atoms. The third kappa shape index (κ3) is 2.48. The van der Waals surface area contributed by atoms with Crippen molar-refractivity contribution in [1.29, 1.82) is 0 Å². The minimum absolute atomic E-state index is 0.345. The Bertz CT molecular complexity index is 366. The Kier molecular flexibility index (Phi) is 3.95. The van der Waals surface area contributed by atoms with Crippen molar-refractivity contribution in [2.75, 3.05) is 12.3 Å². The van der Waals surface area contributed by atoms with Gasteiger partial charge < -0.3 is 10.5 Å². The van der Waals surface area contributed by atoms with Gasteiger partial charge in [0.1, 0.15) is 0 Å².